The van der Waals surface area contributed by atoms with Gasteiger partial charge in [0.2, 0.25) is 5.91 Å². The van der Waals surface area contributed by atoms with E-state index in [2.05, 4.69) is 5.32 Å². The molecule has 0 fully saturated rings. The van der Waals surface area contributed by atoms with Crippen LogP contribution in [0.15, 0.2) is 71.3 Å². The number of carbonyl (C=O) groups excluding carboxylic acids is 2. The van der Waals surface area contributed by atoms with Crippen molar-refractivity contribution in [2.75, 3.05) is 13.6 Å². The molecular formula is C21H19FN2O4. The van der Waals surface area contributed by atoms with Crippen molar-refractivity contribution in [3.8, 4) is 11.5 Å². The molecule has 0 aliphatic heterocycles. The summed E-state index contributed by atoms with van der Waals surface area (Å²) in [7, 11) is 1.53. The number of halogens is 1. The van der Waals surface area contributed by atoms with Gasteiger partial charge in [-0.3, -0.25) is 9.59 Å². The van der Waals surface area contributed by atoms with Gasteiger partial charge in [-0.1, -0.05) is 12.1 Å². The molecular weight excluding hydrogens is 363 g/mol. The lowest BCUT2D eigenvalue weighted by Gasteiger charge is -2.15. The number of hydrogen-bond acceptors (Lipinski definition) is 4. The Bertz CT molecular complexity index is 922. The summed E-state index contributed by atoms with van der Waals surface area (Å²) >= 11 is 0. The molecule has 7 heteroatoms. The van der Waals surface area contributed by atoms with Crippen LogP contribution in [0.3, 0.4) is 0 Å². The first-order valence-corrected chi connectivity index (χ1v) is 8.59. The predicted molar refractivity (Wildman–Crippen MR) is 100 cm³/mol. The highest BCUT2D eigenvalue weighted by Gasteiger charge is 2.16. The van der Waals surface area contributed by atoms with Gasteiger partial charge < -0.3 is 19.4 Å². The van der Waals surface area contributed by atoms with Gasteiger partial charge >= 0.3 is 0 Å². The van der Waals surface area contributed by atoms with Gasteiger partial charge in [-0.2, -0.15) is 0 Å². The van der Waals surface area contributed by atoms with Crippen molar-refractivity contribution in [2.24, 2.45) is 0 Å². The van der Waals surface area contributed by atoms with Crippen LogP contribution in [0.1, 0.15) is 16.1 Å². The second-order valence-electron chi connectivity index (χ2n) is 6.12. The Morgan fingerprint density at radius 3 is 2.29 bits per heavy atom. The van der Waals surface area contributed by atoms with Crippen molar-refractivity contribution >= 4 is 11.8 Å². The van der Waals surface area contributed by atoms with E-state index in [4.69, 9.17) is 9.15 Å². The standard InChI is InChI=1S/C21H19FN2O4/c1-24(21(26)19-3-2-12-27-19)14-20(25)23-13-15-4-8-17(9-5-15)28-18-10-6-16(22)7-11-18/h2-12H,13-14H2,1H3,(H,23,25). The first-order valence-electron chi connectivity index (χ1n) is 8.59. The number of rotatable bonds is 7. The second-order valence-corrected chi connectivity index (χ2v) is 6.12. The molecule has 2 amide bonds. The fourth-order valence-electron chi connectivity index (χ4n) is 2.45. The average molecular weight is 382 g/mol. The van der Waals surface area contributed by atoms with E-state index in [0.717, 1.165) is 5.56 Å². The number of nitrogens with zero attached hydrogens (tertiary/aromatic N) is 1. The maximum Gasteiger partial charge on any atom is 0.289 e. The monoisotopic (exact) mass is 382 g/mol. The molecule has 0 aliphatic carbocycles. The summed E-state index contributed by atoms with van der Waals surface area (Å²) in [6.45, 7) is 0.240. The Morgan fingerprint density at radius 1 is 1.04 bits per heavy atom. The van der Waals surface area contributed by atoms with E-state index in [1.54, 1.807) is 36.4 Å². The summed E-state index contributed by atoms with van der Waals surface area (Å²) in [5.41, 5.74) is 0.875. The van der Waals surface area contributed by atoms with Crippen molar-refractivity contribution < 1.29 is 23.1 Å². The van der Waals surface area contributed by atoms with Crippen LogP contribution in [-0.4, -0.2) is 30.3 Å². The average Bonchev–Trinajstić information content (AvgIpc) is 3.23. The van der Waals surface area contributed by atoms with Gasteiger partial charge in [0.25, 0.3) is 5.91 Å². The topological polar surface area (TPSA) is 71.8 Å². The minimum absolute atomic E-state index is 0.0781. The largest absolute Gasteiger partial charge is 0.459 e. The van der Waals surface area contributed by atoms with Crippen molar-refractivity contribution in [1.29, 1.82) is 0 Å². The zero-order chi connectivity index (χ0) is 19.9. The fourth-order valence-corrected chi connectivity index (χ4v) is 2.45. The number of benzene rings is 2. The van der Waals surface area contributed by atoms with E-state index >= 15 is 0 Å². The third-order valence-electron chi connectivity index (χ3n) is 3.92. The molecule has 0 aliphatic rings. The molecule has 0 atom stereocenters. The molecule has 0 spiro atoms. The Balaban J connectivity index is 1.47. The number of amides is 2. The van der Waals surface area contributed by atoms with Gasteiger partial charge in [0.15, 0.2) is 5.76 Å². The molecule has 1 N–H and O–H groups in total. The van der Waals surface area contributed by atoms with Crippen LogP contribution in [0.2, 0.25) is 0 Å². The third-order valence-corrected chi connectivity index (χ3v) is 3.92. The normalized spacial score (nSPS) is 10.4. The van der Waals surface area contributed by atoms with Crippen molar-refractivity contribution in [3.05, 3.63) is 84.1 Å². The van der Waals surface area contributed by atoms with Crippen LogP contribution < -0.4 is 10.1 Å². The zero-order valence-corrected chi connectivity index (χ0v) is 15.2. The van der Waals surface area contributed by atoms with E-state index in [1.165, 1.54) is 30.3 Å². The van der Waals surface area contributed by atoms with Crippen LogP contribution in [0.4, 0.5) is 4.39 Å². The summed E-state index contributed by atoms with van der Waals surface area (Å²) in [4.78, 5) is 25.4. The molecule has 0 bridgehead atoms. The van der Waals surface area contributed by atoms with Gasteiger partial charge in [-0.15, -0.1) is 0 Å². The van der Waals surface area contributed by atoms with E-state index in [0.29, 0.717) is 18.0 Å². The summed E-state index contributed by atoms with van der Waals surface area (Å²) in [5, 5.41) is 2.76. The minimum Gasteiger partial charge on any atom is -0.459 e. The van der Waals surface area contributed by atoms with Crippen molar-refractivity contribution in [3.63, 3.8) is 0 Å². The quantitative estimate of drug-likeness (QED) is 0.678. The smallest absolute Gasteiger partial charge is 0.289 e. The van der Waals surface area contributed by atoms with E-state index < -0.39 is 0 Å². The number of carbonyl (C=O) groups is 2. The van der Waals surface area contributed by atoms with E-state index in [9.17, 15) is 14.0 Å². The van der Waals surface area contributed by atoms with Crippen molar-refractivity contribution in [1.82, 2.24) is 10.2 Å². The Morgan fingerprint density at radius 2 is 1.68 bits per heavy atom. The first-order chi connectivity index (χ1) is 13.5. The molecule has 144 valence electrons. The molecule has 0 unspecified atom stereocenters. The maximum atomic E-state index is 12.9. The summed E-state index contributed by atoms with van der Waals surface area (Å²) in [5.74, 6) is 0.357. The van der Waals surface area contributed by atoms with Gasteiger partial charge in [0.1, 0.15) is 17.3 Å². The lowest BCUT2D eigenvalue weighted by atomic mass is 10.2. The number of nitrogens with one attached hydrogen (secondary N) is 1. The maximum absolute atomic E-state index is 12.9. The number of ether oxygens (including phenoxy) is 1. The Labute approximate surface area is 161 Å². The molecule has 3 rings (SSSR count). The highest BCUT2D eigenvalue weighted by atomic mass is 19.1. The van der Waals surface area contributed by atoms with Crippen LogP contribution in [0.5, 0.6) is 11.5 Å². The molecule has 6 nitrogen and oxygen atoms in total. The molecule has 1 heterocycles. The van der Waals surface area contributed by atoms with Crippen LogP contribution >= 0.6 is 0 Å². The zero-order valence-electron chi connectivity index (χ0n) is 15.2. The number of likely N-dealkylation sites (N-methyl/N-ethyl adjacent to an activating group) is 1. The molecule has 1 aromatic heterocycles. The van der Waals surface area contributed by atoms with Crippen LogP contribution in [0.25, 0.3) is 0 Å². The van der Waals surface area contributed by atoms with Gasteiger partial charge in [-0.25, -0.2) is 4.39 Å². The number of furan rings is 1. The van der Waals surface area contributed by atoms with Gasteiger partial charge in [0, 0.05) is 13.6 Å². The molecule has 28 heavy (non-hydrogen) atoms. The Hall–Kier alpha value is -3.61. The van der Waals surface area contributed by atoms with Gasteiger partial charge in [-0.05, 0) is 54.1 Å². The highest BCUT2D eigenvalue weighted by Crippen LogP contribution is 2.21. The molecule has 0 saturated heterocycles. The lowest BCUT2D eigenvalue weighted by molar-refractivity contribution is -0.121. The molecule has 3 aromatic rings. The van der Waals surface area contributed by atoms with E-state index in [-0.39, 0.29) is 29.9 Å². The number of hydrogen-bond donors (Lipinski definition) is 1. The van der Waals surface area contributed by atoms with Crippen molar-refractivity contribution in [2.45, 2.75) is 6.54 Å². The van der Waals surface area contributed by atoms with Crippen LogP contribution in [0, 0.1) is 5.82 Å². The Kier molecular flexibility index (Phi) is 6.06. The third kappa shape index (κ3) is 5.20. The highest BCUT2D eigenvalue weighted by molar-refractivity contribution is 5.94. The molecule has 0 radical (unpaired) electrons. The molecule has 2 aromatic carbocycles. The minimum atomic E-state index is -0.359. The lowest BCUT2D eigenvalue weighted by Crippen LogP contribution is -2.37. The summed E-state index contributed by atoms with van der Waals surface area (Å²) in [6, 6.07) is 16.1. The summed E-state index contributed by atoms with van der Waals surface area (Å²) in [6.07, 6.45) is 1.41. The molecule has 0 saturated carbocycles. The first kappa shape index (κ1) is 19.2. The second kappa shape index (κ2) is 8.85. The summed E-state index contributed by atoms with van der Waals surface area (Å²) < 4.78 is 23.6. The SMILES string of the molecule is CN(CC(=O)NCc1ccc(Oc2ccc(F)cc2)cc1)C(=O)c1ccco1. The van der Waals surface area contributed by atoms with Crippen LogP contribution in [-0.2, 0) is 11.3 Å². The van der Waals surface area contributed by atoms with Gasteiger partial charge in [0.05, 0.1) is 12.8 Å². The van der Waals surface area contributed by atoms with E-state index in [1.807, 2.05) is 12.1 Å². The predicted octanol–water partition coefficient (Wildman–Crippen LogP) is 3.60. The fraction of sp³-hybridized carbons (Fsp3) is 0.143.